The van der Waals surface area contributed by atoms with E-state index < -0.39 is 16.1 Å². The standard InChI is InChI=1S/C23H31N3O3S/c1-4-24(5-2)23(27)22(20-9-7-6-8-10-20)25-15-17-26(18-16-25)30(28,29)21-13-11-19(3)12-14-21/h6-14,22H,4-5,15-18H2,1-3H3/t22-/m0/s1. The fourth-order valence-electron chi connectivity index (χ4n) is 3.91. The van der Waals surface area contributed by atoms with Crippen LogP contribution < -0.4 is 0 Å². The van der Waals surface area contributed by atoms with Crippen LogP contribution in [0.2, 0.25) is 0 Å². The third kappa shape index (κ3) is 4.74. The summed E-state index contributed by atoms with van der Waals surface area (Å²) in [4.78, 5) is 17.6. The van der Waals surface area contributed by atoms with Crippen molar-refractivity contribution in [2.75, 3.05) is 39.3 Å². The first-order valence-corrected chi connectivity index (χ1v) is 12.0. The van der Waals surface area contributed by atoms with Gasteiger partial charge in [0.05, 0.1) is 4.90 Å². The van der Waals surface area contributed by atoms with Gasteiger partial charge in [-0.3, -0.25) is 9.69 Å². The van der Waals surface area contributed by atoms with Gasteiger partial charge < -0.3 is 4.90 Å². The van der Waals surface area contributed by atoms with E-state index in [2.05, 4.69) is 4.90 Å². The normalized spacial score (nSPS) is 16.9. The lowest BCUT2D eigenvalue weighted by Crippen LogP contribution is -2.52. The second-order valence-electron chi connectivity index (χ2n) is 7.58. The van der Waals surface area contributed by atoms with Crippen LogP contribution in [0.5, 0.6) is 0 Å². The largest absolute Gasteiger partial charge is 0.342 e. The zero-order chi connectivity index (χ0) is 21.7. The minimum Gasteiger partial charge on any atom is -0.342 e. The third-order valence-corrected chi connectivity index (χ3v) is 7.63. The molecule has 0 unspecified atom stereocenters. The molecule has 0 aromatic heterocycles. The summed E-state index contributed by atoms with van der Waals surface area (Å²) in [6.07, 6.45) is 0. The summed E-state index contributed by atoms with van der Waals surface area (Å²) in [6.45, 7) is 8.96. The summed E-state index contributed by atoms with van der Waals surface area (Å²) in [7, 11) is -3.53. The second kappa shape index (κ2) is 9.73. The van der Waals surface area contributed by atoms with Gasteiger partial charge >= 0.3 is 0 Å². The zero-order valence-corrected chi connectivity index (χ0v) is 18.8. The highest BCUT2D eigenvalue weighted by Crippen LogP contribution is 2.26. The summed E-state index contributed by atoms with van der Waals surface area (Å²) >= 11 is 0. The number of rotatable bonds is 7. The number of carbonyl (C=O) groups is 1. The van der Waals surface area contributed by atoms with Gasteiger partial charge in [-0.1, -0.05) is 48.0 Å². The van der Waals surface area contributed by atoms with Crippen molar-refractivity contribution in [2.24, 2.45) is 0 Å². The quantitative estimate of drug-likeness (QED) is 0.679. The number of carbonyl (C=O) groups excluding carboxylic acids is 1. The average molecular weight is 430 g/mol. The van der Waals surface area contributed by atoms with E-state index in [4.69, 9.17) is 0 Å². The molecule has 3 rings (SSSR count). The highest BCUT2D eigenvalue weighted by atomic mass is 32.2. The molecular formula is C23H31N3O3S. The average Bonchev–Trinajstić information content (AvgIpc) is 2.76. The molecule has 0 spiro atoms. The minimum atomic E-state index is -3.53. The number of benzene rings is 2. The van der Waals surface area contributed by atoms with Crippen molar-refractivity contribution in [1.82, 2.24) is 14.1 Å². The van der Waals surface area contributed by atoms with Gasteiger partial charge in [-0.2, -0.15) is 4.31 Å². The lowest BCUT2D eigenvalue weighted by atomic mass is 10.0. The Hall–Kier alpha value is -2.22. The van der Waals surface area contributed by atoms with Crippen molar-refractivity contribution in [2.45, 2.75) is 31.7 Å². The Morgan fingerprint density at radius 1 is 0.933 bits per heavy atom. The molecule has 0 bridgehead atoms. The van der Waals surface area contributed by atoms with Crippen LogP contribution in [0.1, 0.15) is 31.0 Å². The molecule has 6 nitrogen and oxygen atoms in total. The van der Waals surface area contributed by atoms with E-state index in [0.717, 1.165) is 11.1 Å². The zero-order valence-electron chi connectivity index (χ0n) is 18.0. The first kappa shape index (κ1) is 22.5. The lowest BCUT2D eigenvalue weighted by Gasteiger charge is -2.39. The van der Waals surface area contributed by atoms with Crippen molar-refractivity contribution in [3.63, 3.8) is 0 Å². The van der Waals surface area contributed by atoms with Crippen molar-refractivity contribution < 1.29 is 13.2 Å². The fourth-order valence-corrected chi connectivity index (χ4v) is 5.34. The van der Waals surface area contributed by atoms with Gasteiger partial charge in [-0.05, 0) is 38.5 Å². The number of hydrogen-bond donors (Lipinski definition) is 0. The number of amides is 1. The molecule has 1 atom stereocenters. The van der Waals surface area contributed by atoms with E-state index in [1.165, 1.54) is 4.31 Å². The van der Waals surface area contributed by atoms with Gasteiger partial charge in [0, 0.05) is 39.3 Å². The van der Waals surface area contributed by atoms with Gasteiger partial charge in [0.15, 0.2) is 0 Å². The van der Waals surface area contributed by atoms with Crippen molar-refractivity contribution in [3.8, 4) is 0 Å². The molecule has 2 aromatic rings. The number of likely N-dealkylation sites (N-methyl/N-ethyl adjacent to an activating group) is 1. The molecule has 0 N–H and O–H groups in total. The Kier molecular flexibility index (Phi) is 7.28. The van der Waals surface area contributed by atoms with Crippen LogP contribution in [-0.2, 0) is 14.8 Å². The summed E-state index contributed by atoms with van der Waals surface area (Å²) in [6, 6.07) is 16.3. The highest BCUT2D eigenvalue weighted by Gasteiger charge is 2.35. The Morgan fingerprint density at radius 2 is 1.50 bits per heavy atom. The van der Waals surface area contributed by atoms with E-state index in [1.807, 2.05) is 68.1 Å². The fraction of sp³-hybridized carbons (Fsp3) is 0.435. The molecule has 0 aliphatic carbocycles. The first-order chi connectivity index (χ1) is 14.4. The summed E-state index contributed by atoms with van der Waals surface area (Å²) in [5.41, 5.74) is 1.98. The third-order valence-electron chi connectivity index (χ3n) is 5.72. The van der Waals surface area contributed by atoms with Crippen LogP contribution in [0.15, 0.2) is 59.5 Å². The molecule has 30 heavy (non-hydrogen) atoms. The molecular weight excluding hydrogens is 398 g/mol. The number of nitrogens with zero attached hydrogens (tertiary/aromatic N) is 3. The Labute approximate surface area is 180 Å². The number of aryl methyl sites for hydroxylation is 1. The molecule has 2 aromatic carbocycles. The molecule has 1 aliphatic rings. The second-order valence-corrected chi connectivity index (χ2v) is 9.51. The van der Waals surface area contributed by atoms with Gasteiger partial charge in [-0.15, -0.1) is 0 Å². The van der Waals surface area contributed by atoms with E-state index in [-0.39, 0.29) is 5.91 Å². The maximum atomic E-state index is 13.3. The smallest absolute Gasteiger partial charge is 0.244 e. The molecule has 0 saturated carbocycles. The van der Waals surface area contributed by atoms with Gasteiger partial charge in [0.2, 0.25) is 15.9 Å². The molecule has 162 valence electrons. The summed E-state index contributed by atoms with van der Waals surface area (Å²) in [5.74, 6) is 0.0704. The van der Waals surface area contributed by atoms with Crippen LogP contribution >= 0.6 is 0 Å². The molecule has 1 saturated heterocycles. The van der Waals surface area contributed by atoms with Gasteiger partial charge in [0.1, 0.15) is 6.04 Å². The van der Waals surface area contributed by atoms with Crippen molar-refractivity contribution in [1.29, 1.82) is 0 Å². The van der Waals surface area contributed by atoms with Crippen LogP contribution in [0, 0.1) is 6.92 Å². The van der Waals surface area contributed by atoms with Crippen molar-refractivity contribution >= 4 is 15.9 Å². The Balaban J connectivity index is 1.79. The van der Waals surface area contributed by atoms with Crippen LogP contribution in [-0.4, -0.2) is 67.7 Å². The molecule has 0 radical (unpaired) electrons. The van der Waals surface area contributed by atoms with Gasteiger partial charge in [0.25, 0.3) is 0 Å². The van der Waals surface area contributed by atoms with Gasteiger partial charge in [-0.25, -0.2) is 8.42 Å². The Morgan fingerprint density at radius 3 is 2.03 bits per heavy atom. The Bertz CT molecular complexity index is 933. The van der Waals surface area contributed by atoms with E-state index in [1.54, 1.807) is 12.1 Å². The molecule has 1 aliphatic heterocycles. The molecule has 7 heteroatoms. The number of piperazine rings is 1. The minimum absolute atomic E-state index is 0.0704. The van der Waals surface area contributed by atoms with Crippen LogP contribution in [0.25, 0.3) is 0 Å². The molecule has 1 amide bonds. The lowest BCUT2D eigenvalue weighted by molar-refractivity contribution is -0.137. The predicted octanol–water partition coefficient (Wildman–Crippen LogP) is 2.91. The topological polar surface area (TPSA) is 60.9 Å². The molecule has 1 fully saturated rings. The van der Waals surface area contributed by atoms with E-state index >= 15 is 0 Å². The summed E-state index contributed by atoms with van der Waals surface area (Å²) in [5, 5.41) is 0. The van der Waals surface area contributed by atoms with E-state index in [9.17, 15) is 13.2 Å². The van der Waals surface area contributed by atoms with Crippen LogP contribution in [0.3, 0.4) is 0 Å². The van der Waals surface area contributed by atoms with Crippen LogP contribution in [0.4, 0.5) is 0 Å². The van der Waals surface area contributed by atoms with Crippen molar-refractivity contribution in [3.05, 3.63) is 65.7 Å². The van der Waals surface area contributed by atoms with E-state index in [0.29, 0.717) is 44.2 Å². The molecule has 1 heterocycles. The predicted molar refractivity (Wildman–Crippen MR) is 119 cm³/mol. The SMILES string of the molecule is CCN(CC)C(=O)[C@H](c1ccccc1)N1CCN(S(=O)(=O)c2ccc(C)cc2)CC1. The number of sulfonamides is 1. The summed E-state index contributed by atoms with van der Waals surface area (Å²) < 4.78 is 27.5. The maximum absolute atomic E-state index is 13.3. The first-order valence-electron chi connectivity index (χ1n) is 10.5. The highest BCUT2D eigenvalue weighted by molar-refractivity contribution is 7.89. The monoisotopic (exact) mass is 429 g/mol. The number of hydrogen-bond acceptors (Lipinski definition) is 4. The maximum Gasteiger partial charge on any atom is 0.244 e.